The van der Waals surface area contributed by atoms with Crippen molar-refractivity contribution in [2.75, 3.05) is 7.11 Å². The molecule has 0 aliphatic rings. The summed E-state index contributed by atoms with van der Waals surface area (Å²) in [7, 11) is 1.48. The number of methoxy groups -OCH3 is 1. The minimum atomic E-state index is -0.00998. The molecule has 0 amide bonds. The van der Waals surface area contributed by atoms with Crippen LogP contribution in [0.2, 0.25) is 5.02 Å². The van der Waals surface area contributed by atoms with E-state index in [1.807, 2.05) is 6.07 Å². The van der Waals surface area contributed by atoms with Crippen LogP contribution in [0, 0.1) is 11.3 Å². The lowest BCUT2D eigenvalue weighted by molar-refractivity contribution is 0.403. The topological polar surface area (TPSA) is 53.2 Å². The molecule has 1 N–H and O–H groups in total. The van der Waals surface area contributed by atoms with Crippen LogP contribution in [0.3, 0.4) is 0 Å². The van der Waals surface area contributed by atoms with Crippen molar-refractivity contribution in [2.45, 2.75) is 12.8 Å². The van der Waals surface area contributed by atoms with Crippen molar-refractivity contribution >= 4 is 11.6 Å². The van der Waals surface area contributed by atoms with Gasteiger partial charge in [-0.1, -0.05) is 17.7 Å². The highest BCUT2D eigenvalue weighted by molar-refractivity contribution is 6.33. The molecule has 0 bridgehead atoms. The van der Waals surface area contributed by atoms with E-state index in [1.165, 1.54) is 13.2 Å². The first kappa shape index (κ1) is 10.7. The number of hydrogen-bond donors (Lipinski definition) is 1. The smallest absolute Gasteiger partial charge is 0.144 e. The van der Waals surface area contributed by atoms with E-state index in [9.17, 15) is 5.11 Å². The molecule has 0 aromatic heterocycles. The summed E-state index contributed by atoms with van der Waals surface area (Å²) < 4.78 is 5.05. The van der Waals surface area contributed by atoms with Crippen molar-refractivity contribution in [1.82, 2.24) is 0 Å². The van der Waals surface area contributed by atoms with E-state index < -0.39 is 0 Å². The molecule has 0 radical (unpaired) electrons. The van der Waals surface area contributed by atoms with E-state index in [4.69, 9.17) is 21.6 Å². The number of aryl methyl sites for hydroxylation is 1. The van der Waals surface area contributed by atoms with Gasteiger partial charge >= 0.3 is 0 Å². The van der Waals surface area contributed by atoms with Gasteiger partial charge in [-0.2, -0.15) is 5.26 Å². The quantitative estimate of drug-likeness (QED) is 0.836. The average Bonchev–Trinajstić information content (AvgIpc) is 2.20. The molecule has 0 atom stereocenters. The van der Waals surface area contributed by atoms with Crippen molar-refractivity contribution in [3.8, 4) is 17.6 Å². The molecule has 1 rings (SSSR count). The molecule has 74 valence electrons. The highest BCUT2D eigenvalue weighted by Crippen LogP contribution is 2.36. The number of ether oxygens (including phenoxy) is 1. The number of phenols is 1. The standard InChI is InChI=1S/C10H10ClNO2/c1-14-10-7(3-2-6-12)4-5-8(13)9(10)11/h4-5,13H,2-3H2,1H3. The predicted molar refractivity (Wildman–Crippen MR) is 53.6 cm³/mol. The monoisotopic (exact) mass is 211 g/mol. The number of halogens is 1. The van der Waals surface area contributed by atoms with Gasteiger partial charge in [-0.3, -0.25) is 0 Å². The van der Waals surface area contributed by atoms with Crippen LogP contribution in [0.15, 0.2) is 12.1 Å². The van der Waals surface area contributed by atoms with Gasteiger partial charge in [0.25, 0.3) is 0 Å². The minimum Gasteiger partial charge on any atom is -0.506 e. The third-order valence-corrected chi connectivity index (χ3v) is 2.23. The van der Waals surface area contributed by atoms with E-state index >= 15 is 0 Å². The Bertz CT molecular complexity index is 371. The van der Waals surface area contributed by atoms with Crippen LogP contribution in [-0.2, 0) is 6.42 Å². The Morgan fingerprint density at radius 3 is 2.86 bits per heavy atom. The third kappa shape index (κ3) is 2.09. The van der Waals surface area contributed by atoms with Crippen molar-refractivity contribution < 1.29 is 9.84 Å². The molecule has 0 spiro atoms. The molecule has 0 heterocycles. The Morgan fingerprint density at radius 1 is 1.57 bits per heavy atom. The number of rotatable bonds is 3. The molecular formula is C10H10ClNO2. The molecular weight excluding hydrogens is 202 g/mol. The highest BCUT2D eigenvalue weighted by atomic mass is 35.5. The van der Waals surface area contributed by atoms with Gasteiger partial charge in [-0.15, -0.1) is 0 Å². The molecule has 0 aliphatic heterocycles. The lowest BCUT2D eigenvalue weighted by atomic mass is 10.1. The highest BCUT2D eigenvalue weighted by Gasteiger charge is 2.11. The van der Waals surface area contributed by atoms with Crippen LogP contribution >= 0.6 is 11.6 Å². The van der Waals surface area contributed by atoms with Gasteiger partial charge < -0.3 is 9.84 Å². The Balaban J connectivity index is 3.05. The lowest BCUT2D eigenvalue weighted by Gasteiger charge is -2.09. The molecule has 0 saturated heterocycles. The Kier molecular flexibility index (Phi) is 3.61. The fourth-order valence-electron chi connectivity index (χ4n) is 1.19. The van der Waals surface area contributed by atoms with Gasteiger partial charge in [-0.05, 0) is 18.1 Å². The van der Waals surface area contributed by atoms with Crippen LogP contribution in [0.1, 0.15) is 12.0 Å². The summed E-state index contributed by atoms with van der Waals surface area (Å²) in [5.74, 6) is 0.436. The minimum absolute atomic E-state index is 0.00998. The summed E-state index contributed by atoms with van der Waals surface area (Å²) >= 11 is 5.82. The van der Waals surface area contributed by atoms with E-state index in [1.54, 1.807) is 6.07 Å². The Labute approximate surface area is 87.5 Å². The van der Waals surface area contributed by atoms with Gasteiger partial charge in [0, 0.05) is 6.42 Å². The zero-order chi connectivity index (χ0) is 10.6. The van der Waals surface area contributed by atoms with Gasteiger partial charge in [-0.25, -0.2) is 0 Å². The van der Waals surface area contributed by atoms with Gasteiger partial charge in [0.05, 0.1) is 13.2 Å². The van der Waals surface area contributed by atoms with Crippen molar-refractivity contribution in [3.05, 3.63) is 22.7 Å². The molecule has 14 heavy (non-hydrogen) atoms. The molecule has 0 fully saturated rings. The average molecular weight is 212 g/mol. The number of nitriles is 1. The zero-order valence-electron chi connectivity index (χ0n) is 7.75. The normalized spacial score (nSPS) is 9.50. The summed E-state index contributed by atoms with van der Waals surface area (Å²) in [4.78, 5) is 0. The van der Waals surface area contributed by atoms with Crippen molar-refractivity contribution in [2.24, 2.45) is 0 Å². The number of nitrogens with zero attached hydrogens (tertiary/aromatic N) is 1. The van der Waals surface area contributed by atoms with Gasteiger partial charge in [0.1, 0.15) is 16.5 Å². The summed E-state index contributed by atoms with van der Waals surface area (Å²) in [6.07, 6.45) is 0.969. The van der Waals surface area contributed by atoms with E-state index in [0.29, 0.717) is 18.6 Å². The van der Waals surface area contributed by atoms with Gasteiger partial charge in [0.2, 0.25) is 0 Å². The number of hydrogen-bond acceptors (Lipinski definition) is 3. The fourth-order valence-corrected chi connectivity index (χ4v) is 1.46. The zero-order valence-corrected chi connectivity index (χ0v) is 8.51. The summed E-state index contributed by atoms with van der Waals surface area (Å²) in [6.45, 7) is 0. The maximum atomic E-state index is 9.30. The van der Waals surface area contributed by atoms with E-state index in [-0.39, 0.29) is 10.8 Å². The Hall–Kier alpha value is -1.40. The molecule has 4 heteroatoms. The van der Waals surface area contributed by atoms with E-state index in [0.717, 1.165) is 5.56 Å². The Morgan fingerprint density at radius 2 is 2.29 bits per heavy atom. The van der Waals surface area contributed by atoms with Crippen LogP contribution < -0.4 is 4.74 Å². The molecule has 1 aromatic rings. The molecule has 1 aromatic carbocycles. The molecule has 0 aliphatic carbocycles. The molecule has 0 unspecified atom stereocenters. The fraction of sp³-hybridized carbons (Fsp3) is 0.300. The number of phenolic OH excluding ortho intramolecular Hbond substituents is 1. The molecule has 3 nitrogen and oxygen atoms in total. The van der Waals surface area contributed by atoms with Crippen LogP contribution in [0.5, 0.6) is 11.5 Å². The second-order valence-corrected chi connectivity index (χ2v) is 3.13. The second kappa shape index (κ2) is 4.73. The summed E-state index contributed by atoms with van der Waals surface area (Å²) in [5, 5.41) is 17.9. The van der Waals surface area contributed by atoms with E-state index in [2.05, 4.69) is 0 Å². The summed E-state index contributed by atoms with van der Waals surface area (Å²) in [5.41, 5.74) is 0.830. The first-order valence-electron chi connectivity index (χ1n) is 4.12. The summed E-state index contributed by atoms with van der Waals surface area (Å²) in [6, 6.07) is 5.24. The SMILES string of the molecule is COc1c(CCC#N)ccc(O)c1Cl. The number of aromatic hydroxyl groups is 1. The van der Waals surface area contributed by atoms with Crippen molar-refractivity contribution in [1.29, 1.82) is 5.26 Å². The first-order chi connectivity index (χ1) is 6.70. The first-order valence-corrected chi connectivity index (χ1v) is 4.49. The van der Waals surface area contributed by atoms with Crippen LogP contribution in [0.25, 0.3) is 0 Å². The van der Waals surface area contributed by atoms with Crippen LogP contribution in [0.4, 0.5) is 0 Å². The maximum Gasteiger partial charge on any atom is 0.144 e. The largest absolute Gasteiger partial charge is 0.506 e. The van der Waals surface area contributed by atoms with Crippen molar-refractivity contribution in [3.63, 3.8) is 0 Å². The third-order valence-electron chi connectivity index (χ3n) is 1.87. The predicted octanol–water partition coefficient (Wildman–Crippen LogP) is 2.51. The second-order valence-electron chi connectivity index (χ2n) is 2.75. The molecule has 0 saturated carbocycles. The maximum absolute atomic E-state index is 9.30. The van der Waals surface area contributed by atoms with Crippen LogP contribution in [-0.4, -0.2) is 12.2 Å². The number of benzene rings is 1. The lowest BCUT2D eigenvalue weighted by Crippen LogP contribution is -1.93. The van der Waals surface area contributed by atoms with Gasteiger partial charge in [0.15, 0.2) is 0 Å².